The summed E-state index contributed by atoms with van der Waals surface area (Å²) in [7, 11) is 0. The van der Waals surface area contributed by atoms with Crippen LogP contribution in [0.25, 0.3) is 11.0 Å². The summed E-state index contributed by atoms with van der Waals surface area (Å²) in [6.07, 6.45) is 6.75. The van der Waals surface area contributed by atoms with Gasteiger partial charge < -0.3 is 15.6 Å². The highest BCUT2D eigenvalue weighted by Gasteiger charge is 2.26. The number of aromatic amines is 1. The van der Waals surface area contributed by atoms with Gasteiger partial charge in [0.1, 0.15) is 17.8 Å². The van der Waals surface area contributed by atoms with Crippen LogP contribution in [0.2, 0.25) is 5.02 Å². The molecule has 0 radical (unpaired) electrons. The maximum absolute atomic E-state index is 6.59. The van der Waals surface area contributed by atoms with E-state index in [1.54, 1.807) is 12.4 Å². The molecule has 0 saturated carbocycles. The fourth-order valence-corrected chi connectivity index (χ4v) is 4.07. The Bertz CT molecular complexity index is 898. The molecule has 3 N–H and O–H groups in total. The molecule has 4 rings (SSSR count). The molecule has 130 valence electrons. The lowest BCUT2D eigenvalue weighted by Gasteiger charge is -2.18. The zero-order valence-electron chi connectivity index (χ0n) is 13.7. The van der Waals surface area contributed by atoms with Gasteiger partial charge in [0, 0.05) is 37.2 Å². The number of hydrogen-bond donors (Lipinski definition) is 2. The highest BCUT2D eigenvalue weighted by atomic mass is 35.5. The zero-order chi connectivity index (χ0) is 17.4. The van der Waals surface area contributed by atoms with Gasteiger partial charge in [-0.05, 0) is 24.6 Å². The third-order valence-corrected chi connectivity index (χ3v) is 5.48. The lowest BCUT2D eigenvalue weighted by molar-refractivity contribution is 0.751. The van der Waals surface area contributed by atoms with Crippen LogP contribution in [-0.4, -0.2) is 44.1 Å². The summed E-state index contributed by atoms with van der Waals surface area (Å²) in [5, 5.41) is 2.21. The molecule has 9 heteroatoms. The zero-order valence-corrected chi connectivity index (χ0v) is 15.3. The molecule has 1 unspecified atom stereocenters. The monoisotopic (exact) mass is 375 g/mol. The second kappa shape index (κ2) is 6.78. The van der Waals surface area contributed by atoms with Crippen LogP contribution in [0.15, 0.2) is 28.8 Å². The topological polar surface area (TPSA) is 96.6 Å². The van der Waals surface area contributed by atoms with E-state index in [0.29, 0.717) is 10.2 Å². The Morgan fingerprint density at radius 1 is 1.36 bits per heavy atom. The normalized spacial score (nSPS) is 17.6. The largest absolute Gasteiger partial charge is 0.354 e. The Morgan fingerprint density at radius 2 is 2.16 bits per heavy atom. The van der Waals surface area contributed by atoms with E-state index >= 15 is 0 Å². The van der Waals surface area contributed by atoms with Gasteiger partial charge in [-0.25, -0.2) is 19.9 Å². The van der Waals surface area contributed by atoms with Crippen molar-refractivity contribution in [3.63, 3.8) is 0 Å². The minimum Gasteiger partial charge on any atom is -0.354 e. The molecule has 0 spiro atoms. The summed E-state index contributed by atoms with van der Waals surface area (Å²) in [5.41, 5.74) is 7.82. The first-order valence-corrected chi connectivity index (χ1v) is 9.36. The summed E-state index contributed by atoms with van der Waals surface area (Å²) in [4.78, 5) is 23.9. The first-order chi connectivity index (χ1) is 12.2. The highest BCUT2D eigenvalue weighted by molar-refractivity contribution is 7.99. The van der Waals surface area contributed by atoms with Crippen molar-refractivity contribution in [3.05, 3.63) is 29.4 Å². The maximum Gasteiger partial charge on any atom is 0.196 e. The van der Waals surface area contributed by atoms with Gasteiger partial charge in [0.15, 0.2) is 5.16 Å². The maximum atomic E-state index is 6.59. The van der Waals surface area contributed by atoms with E-state index in [9.17, 15) is 0 Å². The number of rotatable bonds is 4. The summed E-state index contributed by atoms with van der Waals surface area (Å²) in [6.45, 7) is 3.70. The van der Waals surface area contributed by atoms with Crippen molar-refractivity contribution < 1.29 is 0 Å². The van der Waals surface area contributed by atoms with E-state index in [-0.39, 0.29) is 6.04 Å². The predicted octanol–water partition coefficient (Wildman–Crippen LogP) is 2.65. The third kappa shape index (κ3) is 3.17. The fourth-order valence-electron chi connectivity index (χ4n) is 3.01. The van der Waals surface area contributed by atoms with Crippen LogP contribution >= 0.6 is 23.4 Å². The molecule has 1 aliphatic rings. The van der Waals surface area contributed by atoms with Crippen LogP contribution in [0.4, 0.5) is 5.82 Å². The number of nitrogens with one attached hydrogen (secondary N) is 1. The molecule has 1 saturated heterocycles. The van der Waals surface area contributed by atoms with Gasteiger partial charge in [0.25, 0.3) is 0 Å². The minimum absolute atomic E-state index is 0.159. The Hall–Kier alpha value is -1.90. The van der Waals surface area contributed by atoms with Crippen molar-refractivity contribution in [1.29, 1.82) is 0 Å². The number of fused-ring (bicyclic) bond motifs is 1. The number of nitrogens with zero attached hydrogens (tertiary/aromatic N) is 5. The molecule has 0 aliphatic carbocycles. The first-order valence-electron chi connectivity index (χ1n) is 8.17. The molecule has 1 fully saturated rings. The number of halogens is 1. The van der Waals surface area contributed by atoms with Crippen molar-refractivity contribution in [1.82, 2.24) is 24.9 Å². The van der Waals surface area contributed by atoms with E-state index in [2.05, 4.69) is 31.8 Å². The molecule has 1 atom stereocenters. The fraction of sp³-hybridized carbons (Fsp3) is 0.375. The molecule has 1 aliphatic heterocycles. The summed E-state index contributed by atoms with van der Waals surface area (Å²) in [6, 6.07) is 0.159. The van der Waals surface area contributed by atoms with Crippen LogP contribution in [0.5, 0.6) is 0 Å². The van der Waals surface area contributed by atoms with E-state index in [0.717, 1.165) is 53.4 Å². The molecule has 3 aromatic heterocycles. The molecule has 25 heavy (non-hydrogen) atoms. The average molecular weight is 376 g/mol. The van der Waals surface area contributed by atoms with Crippen molar-refractivity contribution in [3.8, 4) is 0 Å². The first kappa shape index (κ1) is 16.6. The van der Waals surface area contributed by atoms with Crippen LogP contribution in [-0.2, 0) is 6.42 Å². The number of aromatic nitrogens is 5. The van der Waals surface area contributed by atoms with E-state index in [4.69, 9.17) is 22.3 Å². The number of aryl methyl sites for hydroxylation is 1. The van der Waals surface area contributed by atoms with Crippen LogP contribution < -0.4 is 10.6 Å². The van der Waals surface area contributed by atoms with Gasteiger partial charge in [0.2, 0.25) is 0 Å². The molecule has 0 bridgehead atoms. The molecule has 3 aromatic rings. The minimum atomic E-state index is 0.159. The van der Waals surface area contributed by atoms with Crippen LogP contribution in [0.3, 0.4) is 0 Å². The number of H-pyrrole nitrogens is 1. The SMILES string of the molecule is CCc1[nH]c2nc(Sc3cncnc3)nc(N3CCC(N)C3)c2c1Cl. The number of hydrogen-bond acceptors (Lipinski definition) is 7. The van der Waals surface area contributed by atoms with E-state index in [1.165, 1.54) is 18.1 Å². The van der Waals surface area contributed by atoms with E-state index in [1.807, 2.05) is 0 Å². The summed E-state index contributed by atoms with van der Waals surface area (Å²) >= 11 is 8.02. The van der Waals surface area contributed by atoms with Gasteiger partial charge in [-0.1, -0.05) is 18.5 Å². The molecule has 4 heterocycles. The smallest absolute Gasteiger partial charge is 0.196 e. The Labute approximate surface area is 154 Å². The van der Waals surface area contributed by atoms with Gasteiger partial charge >= 0.3 is 0 Å². The van der Waals surface area contributed by atoms with Crippen molar-refractivity contribution in [2.24, 2.45) is 5.73 Å². The van der Waals surface area contributed by atoms with Crippen LogP contribution in [0.1, 0.15) is 19.0 Å². The molecule has 7 nitrogen and oxygen atoms in total. The van der Waals surface area contributed by atoms with Gasteiger partial charge in [-0.3, -0.25) is 0 Å². The standard InChI is InChI=1S/C16H18ClN7S/c1-2-11-13(17)12-14(21-11)22-16(25-10-5-19-8-20-6-10)23-15(12)24-4-3-9(18)7-24/h5-6,8-9H,2-4,7,18H2,1H3,(H,21,22,23). The molecular weight excluding hydrogens is 358 g/mol. The second-order valence-corrected chi connectivity index (χ2v) is 7.41. The van der Waals surface area contributed by atoms with Crippen molar-refractivity contribution >= 4 is 40.2 Å². The summed E-state index contributed by atoms with van der Waals surface area (Å²) < 4.78 is 0. The Morgan fingerprint density at radius 3 is 2.84 bits per heavy atom. The summed E-state index contributed by atoms with van der Waals surface area (Å²) in [5.74, 6) is 0.846. The third-order valence-electron chi connectivity index (χ3n) is 4.25. The molecular formula is C16H18ClN7S. The predicted molar refractivity (Wildman–Crippen MR) is 99.2 cm³/mol. The second-order valence-electron chi connectivity index (χ2n) is 6.00. The van der Waals surface area contributed by atoms with Gasteiger partial charge in [-0.2, -0.15) is 0 Å². The van der Waals surface area contributed by atoms with Gasteiger partial charge in [-0.15, -0.1) is 0 Å². The number of anilines is 1. The lowest BCUT2D eigenvalue weighted by atomic mass is 10.3. The van der Waals surface area contributed by atoms with Crippen molar-refractivity contribution in [2.75, 3.05) is 18.0 Å². The molecule has 0 amide bonds. The molecule has 0 aromatic carbocycles. The average Bonchev–Trinajstić information content (AvgIpc) is 3.19. The van der Waals surface area contributed by atoms with Gasteiger partial charge in [0.05, 0.1) is 15.3 Å². The Kier molecular flexibility index (Phi) is 4.49. The van der Waals surface area contributed by atoms with E-state index < -0.39 is 0 Å². The highest BCUT2D eigenvalue weighted by Crippen LogP contribution is 2.37. The van der Waals surface area contributed by atoms with Crippen LogP contribution in [0, 0.1) is 0 Å². The Balaban J connectivity index is 1.82. The lowest BCUT2D eigenvalue weighted by Crippen LogP contribution is -2.27. The number of nitrogens with two attached hydrogens (primary N) is 1. The van der Waals surface area contributed by atoms with Crippen molar-refractivity contribution in [2.45, 2.75) is 35.9 Å². The quantitative estimate of drug-likeness (QED) is 0.676.